The lowest BCUT2D eigenvalue weighted by Gasteiger charge is -2.15. The van der Waals surface area contributed by atoms with Gasteiger partial charge in [0, 0.05) is 6.54 Å². The number of amides is 1. The Morgan fingerprint density at radius 3 is 2.56 bits per heavy atom. The Hall–Kier alpha value is -1.31. The summed E-state index contributed by atoms with van der Waals surface area (Å²) in [5.41, 5.74) is 1.08. The second-order valence-electron chi connectivity index (χ2n) is 4.88. The molecule has 0 aromatic heterocycles. The lowest BCUT2D eigenvalue weighted by Crippen LogP contribution is -2.30. The van der Waals surface area contributed by atoms with Gasteiger partial charge in [0.2, 0.25) is 5.91 Å². The van der Waals surface area contributed by atoms with E-state index in [1.807, 2.05) is 30.3 Å². The van der Waals surface area contributed by atoms with Crippen LogP contribution in [0.25, 0.3) is 0 Å². The van der Waals surface area contributed by atoms with Crippen molar-refractivity contribution in [2.24, 2.45) is 5.92 Å². The summed E-state index contributed by atoms with van der Waals surface area (Å²) in [6.45, 7) is 5.23. The Morgan fingerprint density at radius 2 is 1.94 bits per heavy atom. The van der Waals surface area contributed by atoms with Gasteiger partial charge in [-0.25, -0.2) is 0 Å². The van der Waals surface area contributed by atoms with Gasteiger partial charge in [-0.15, -0.1) is 0 Å². The number of rotatable bonds is 8. The minimum Gasteiger partial charge on any atom is -0.356 e. The highest BCUT2D eigenvalue weighted by molar-refractivity contribution is 5.78. The zero-order valence-corrected chi connectivity index (χ0v) is 11.6. The molecule has 18 heavy (non-hydrogen) atoms. The minimum absolute atomic E-state index is 0.135. The molecule has 1 aromatic carbocycles. The molecule has 2 heteroatoms. The largest absolute Gasteiger partial charge is 0.356 e. The number of carbonyl (C=O) groups is 1. The van der Waals surface area contributed by atoms with E-state index in [0.29, 0.717) is 12.3 Å². The highest BCUT2D eigenvalue weighted by Crippen LogP contribution is 2.11. The van der Waals surface area contributed by atoms with Crippen molar-refractivity contribution in [1.29, 1.82) is 0 Å². The van der Waals surface area contributed by atoms with E-state index >= 15 is 0 Å². The molecule has 1 amide bonds. The van der Waals surface area contributed by atoms with Crippen LogP contribution < -0.4 is 5.32 Å². The molecule has 0 aliphatic heterocycles. The molecule has 0 radical (unpaired) electrons. The summed E-state index contributed by atoms with van der Waals surface area (Å²) >= 11 is 0. The van der Waals surface area contributed by atoms with Crippen LogP contribution in [0, 0.1) is 5.92 Å². The topological polar surface area (TPSA) is 29.1 Å². The molecular formula is C16H25NO. The average molecular weight is 247 g/mol. The van der Waals surface area contributed by atoms with E-state index in [1.54, 1.807) is 0 Å². The van der Waals surface area contributed by atoms with Gasteiger partial charge in [0.15, 0.2) is 0 Å². The predicted molar refractivity (Wildman–Crippen MR) is 76.5 cm³/mol. The van der Waals surface area contributed by atoms with E-state index in [2.05, 4.69) is 19.2 Å². The summed E-state index contributed by atoms with van der Waals surface area (Å²) in [6, 6.07) is 9.90. The average Bonchev–Trinajstić information content (AvgIpc) is 2.40. The van der Waals surface area contributed by atoms with Crippen LogP contribution in [-0.4, -0.2) is 12.5 Å². The van der Waals surface area contributed by atoms with Crippen molar-refractivity contribution >= 4 is 5.91 Å². The van der Waals surface area contributed by atoms with Crippen LogP contribution in [0.4, 0.5) is 0 Å². The fourth-order valence-electron chi connectivity index (χ4n) is 2.05. The van der Waals surface area contributed by atoms with E-state index < -0.39 is 0 Å². The summed E-state index contributed by atoms with van der Waals surface area (Å²) in [4.78, 5) is 11.8. The van der Waals surface area contributed by atoms with Gasteiger partial charge in [0.1, 0.15) is 0 Å². The highest BCUT2D eigenvalue weighted by atomic mass is 16.1. The van der Waals surface area contributed by atoms with Crippen LogP contribution in [0.2, 0.25) is 0 Å². The van der Waals surface area contributed by atoms with Gasteiger partial charge in [-0.1, -0.05) is 63.4 Å². The maximum atomic E-state index is 11.8. The Labute approximate surface area is 111 Å². The summed E-state index contributed by atoms with van der Waals surface area (Å²) in [7, 11) is 0. The Morgan fingerprint density at radius 1 is 1.22 bits per heavy atom. The Kier molecular flexibility index (Phi) is 7.16. The third-order valence-electron chi connectivity index (χ3n) is 3.34. The van der Waals surface area contributed by atoms with Gasteiger partial charge in [-0.3, -0.25) is 4.79 Å². The normalized spacial score (nSPS) is 12.1. The molecule has 1 N–H and O–H groups in total. The second-order valence-corrected chi connectivity index (χ2v) is 4.88. The smallest absolute Gasteiger partial charge is 0.224 e. The van der Waals surface area contributed by atoms with Crippen molar-refractivity contribution in [2.75, 3.05) is 6.54 Å². The van der Waals surface area contributed by atoms with Crippen molar-refractivity contribution in [3.8, 4) is 0 Å². The molecule has 1 rings (SSSR count). The van der Waals surface area contributed by atoms with Crippen LogP contribution in [-0.2, 0) is 11.2 Å². The number of carbonyl (C=O) groups excluding carboxylic acids is 1. The van der Waals surface area contributed by atoms with Crippen molar-refractivity contribution in [3.63, 3.8) is 0 Å². The summed E-state index contributed by atoms with van der Waals surface area (Å²) in [5.74, 6) is 0.765. The van der Waals surface area contributed by atoms with Crippen LogP contribution in [0.5, 0.6) is 0 Å². The van der Waals surface area contributed by atoms with Gasteiger partial charge in [0.05, 0.1) is 6.42 Å². The number of unbranched alkanes of at least 4 members (excludes halogenated alkanes) is 1. The van der Waals surface area contributed by atoms with Gasteiger partial charge in [-0.05, 0) is 17.9 Å². The van der Waals surface area contributed by atoms with Crippen molar-refractivity contribution < 1.29 is 4.79 Å². The molecule has 0 saturated carbocycles. The van der Waals surface area contributed by atoms with Gasteiger partial charge < -0.3 is 5.32 Å². The first-order chi connectivity index (χ1) is 8.76. The molecule has 0 bridgehead atoms. The van der Waals surface area contributed by atoms with Gasteiger partial charge in [-0.2, -0.15) is 0 Å². The zero-order chi connectivity index (χ0) is 13.2. The molecule has 1 unspecified atom stereocenters. The predicted octanol–water partition coefficient (Wildman–Crippen LogP) is 3.56. The molecule has 0 heterocycles. The van der Waals surface area contributed by atoms with E-state index in [1.165, 1.54) is 19.3 Å². The molecule has 0 fully saturated rings. The molecule has 0 spiro atoms. The molecular weight excluding hydrogens is 222 g/mol. The fourth-order valence-corrected chi connectivity index (χ4v) is 2.05. The summed E-state index contributed by atoms with van der Waals surface area (Å²) in [6.07, 6.45) is 5.34. The molecule has 0 saturated heterocycles. The van der Waals surface area contributed by atoms with Gasteiger partial charge in [0.25, 0.3) is 0 Å². The van der Waals surface area contributed by atoms with E-state index in [4.69, 9.17) is 0 Å². The molecule has 2 nitrogen and oxygen atoms in total. The highest BCUT2D eigenvalue weighted by Gasteiger charge is 2.08. The zero-order valence-electron chi connectivity index (χ0n) is 11.6. The van der Waals surface area contributed by atoms with Crippen LogP contribution >= 0.6 is 0 Å². The molecule has 100 valence electrons. The van der Waals surface area contributed by atoms with Crippen molar-refractivity contribution in [3.05, 3.63) is 35.9 Å². The number of nitrogens with one attached hydrogen (secondary N) is 1. The van der Waals surface area contributed by atoms with Crippen molar-refractivity contribution in [2.45, 2.75) is 46.0 Å². The van der Waals surface area contributed by atoms with Crippen LogP contribution in [0.1, 0.15) is 45.1 Å². The maximum absolute atomic E-state index is 11.8. The Bertz CT molecular complexity index is 334. The number of benzene rings is 1. The first-order valence-electron chi connectivity index (χ1n) is 7.06. The molecule has 0 aliphatic carbocycles. The quantitative estimate of drug-likeness (QED) is 0.747. The molecule has 1 atom stereocenters. The first kappa shape index (κ1) is 14.7. The second kappa shape index (κ2) is 8.73. The minimum atomic E-state index is 0.135. The monoisotopic (exact) mass is 247 g/mol. The van der Waals surface area contributed by atoms with Crippen LogP contribution in [0.3, 0.4) is 0 Å². The summed E-state index contributed by atoms with van der Waals surface area (Å²) in [5, 5.41) is 3.05. The summed E-state index contributed by atoms with van der Waals surface area (Å²) < 4.78 is 0. The lowest BCUT2D eigenvalue weighted by atomic mass is 9.99. The lowest BCUT2D eigenvalue weighted by molar-refractivity contribution is -0.120. The van der Waals surface area contributed by atoms with Gasteiger partial charge >= 0.3 is 0 Å². The third-order valence-corrected chi connectivity index (χ3v) is 3.34. The number of hydrogen-bond donors (Lipinski definition) is 1. The first-order valence-corrected chi connectivity index (χ1v) is 7.06. The standard InChI is InChI=1S/C16H25NO/c1-3-5-9-14(4-2)13-17-16(18)12-15-10-7-6-8-11-15/h6-8,10-11,14H,3-5,9,12-13H2,1-2H3,(H,17,18). The van der Waals surface area contributed by atoms with Crippen LogP contribution in [0.15, 0.2) is 30.3 Å². The Balaban J connectivity index is 2.27. The van der Waals surface area contributed by atoms with Crippen molar-refractivity contribution in [1.82, 2.24) is 5.32 Å². The molecule has 0 aliphatic rings. The SMILES string of the molecule is CCCCC(CC)CNC(=O)Cc1ccccc1. The van der Waals surface area contributed by atoms with E-state index in [9.17, 15) is 4.79 Å². The molecule has 1 aromatic rings. The third kappa shape index (κ3) is 5.85. The fraction of sp³-hybridized carbons (Fsp3) is 0.562. The van der Waals surface area contributed by atoms with E-state index in [0.717, 1.165) is 18.5 Å². The maximum Gasteiger partial charge on any atom is 0.224 e. The number of hydrogen-bond acceptors (Lipinski definition) is 1. The van der Waals surface area contributed by atoms with E-state index in [-0.39, 0.29) is 5.91 Å².